The number of carbonyl (C=O) groups excluding carboxylic acids is 1. The van der Waals surface area contributed by atoms with Crippen LogP contribution in [0.1, 0.15) is 11.1 Å². The lowest BCUT2D eigenvalue weighted by molar-refractivity contribution is -0.125. The third-order valence-electron chi connectivity index (χ3n) is 4.31. The van der Waals surface area contributed by atoms with Crippen molar-refractivity contribution >= 4 is 29.5 Å². The smallest absolute Gasteiger partial charge is 0.238 e. The maximum Gasteiger partial charge on any atom is 0.238 e. The zero-order valence-corrected chi connectivity index (χ0v) is 15.6. The van der Waals surface area contributed by atoms with Crippen LogP contribution in [0, 0.1) is 0 Å². The molecule has 0 aromatic heterocycles. The molecule has 25 heavy (non-hydrogen) atoms. The lowest BCUT2D eigenvalue weighted by Crippen LogP contribution is -2.50. The van der Waals surface area contributed by atoms with Gasteiger partial charge in [0.2, 0.25) is 5.91 Å². The molecule has 2 atom stereocenters. The average Bonchev–Trinajstić information content (AvgIpc) is 2.61. The Hall–Kier alpha value is -1.53. The van der Waals surface area contributed by atoms with E-state index < -0.39 is 0 Å². The van der Waals surface area contributed by atoms with Crippen LogP contribution in [-0.2, 0) is 17.6 Å². The third kappa shape index (κ3) is 4.55. The van der Waals surface area contributed by atoms with E-state index in [2.05, 4.69) is 5.32 Å². The Morgan fingerprint density at radius 2 is 2.12 bits per heavy atom. The topological polar surface area (TPSA) is 52.6 Å². The first kappa shape index (κ1) is 18.3. The summed E-state index contributed by atoms with van der Waals surface area (Å²) in [6.45, 7) is -0.0906. The average molecular weight is 377 g/mol. The molecule has 0 aliphatic carbocycles. The molecule has 1 amide bonds. The number of likely N-dealkylation sites (N-methyl/N-ethyl adjacent to an activating group) is 1. The SMILES string of the molecule is CN1Sc2ccc(Cl)cc2CC1C(=O)N[C@H](CO)Cc1ccccc1. The summed E-state index contributed by atoms with van der Waals surface area (Å²) in [5.74, 6) is -0.0735. The van der Waals surface area contributed by atoms with Gasteiger partial charge in [-0.05, 0) is 61.2 Å². The summed E-state index contributed by atoms with van der Waals surface area (Å²) in [6.07, 6.45) is 1.21. The van der Waals surface area contributed by atoms with Gasteiger partial charge in [0.15, 0.2) is 0 Å². The number of aliphatic hydroxyl groups is 1. The number of nitrogens with one attached hydrogen (secondary N) is 1. The molecule has 0 radical (unpaired) electrons. The number of amides is 1. The highest BCUT2D eigenvalue weighted by Gasteiger charge is 2.31. The number of carbonyl (C=O) groups is 1. The van der Waals surface area contributed by atoms with Crippen LogP contribution in [-0.4, -0.2) is 41.1 Å². The largest absolute Gasteiger partial charge is 0.394 e. The molecule has 2 aromatic rings. The van der Waals surface area contributed by atoms with E-state index in [9.17, 15) is 9.90 Å². The van der Waals surface area contributed by atoms with Crippen LogP contribution in [0.5, 0.6) is 0 Å². The number of aliphatic hydroxyl groups excluding tert-OH is 1. The number of hydrogen-bond acceptors (Lipinski definition) is 4. The third-order valence-corrected chi connectivity index (χ3v) is 5.68. The number of hydrogen-bond donors (Lipinski definition) is 2. The van der Waals surface area contributed by atoms with Crippen molar-refractivity contribution in [3.05, 3.63) is 64.7 Å². The summed E-state index contributed by atoms with van der Waals surface area (Å²) < 4.78 is 1.96. The summed E-state index contributed by atoms with van der Waals surface area (Å²) in [4.78, 5) is 13.9. The second-order valence-electron chi connectivity index (χ2n) is 6.19. The number of halogens is 1. The zero-order chi connectivity index (χ0) is 17.8. The van der Waals surface area contributed by atoms with E-state index in [0.717, 1.165) is 16.0 Å². The van der Waals surface area contributed by atoms with Crippen molar-refractivity contribution in [1.29, 1.82) is 0 Å². The van der Waals surface area contributed by atoms with E-state index in [0.29, 0.717) is 17.9 Å². The molecule has 0 saturated heterocycles. The van der Waals surface area contributed by atoms with Crippen molar-refractivity contribution in [2.75, 3.05) is 13.7 Å². The molecule has 0 saturated carbocycles. The Kier molecular flexibility index (Phi) is 6.02. The molecule has 1 heterocycles. The first-order valence-corrected chi connectivity index (χ1v) is 9.36. The lowest BCUT2D eigenvalue weighted by Gasteiger charge is -2.33. The molecule has 1 unspecified atom stereocenters. The standard InChI is InChI=1S/C19H21ClN2O2S/c1-22-17(11-14-10-15(20)7-8-18(14)25-22)19(24)21-16(12-23)9-13-5-3-2-4-6-13/h2-8,10,16-17,23H,9,11-12H2,1H3,(H,21,24)/t16-,17?/m0/s1. The monoisotopic (exact) mass is 376 g/mol. The highest BCUT2D eigenvalue weighted by atomic mass is 35.5. The molecule has 2 N–H and O–H groups in total. The van der Waals surface area contributed by atoms with E-state index in [-0.39, 0.29) is 24.6 Å². The lowest BCUT2D eigenvalue weighted by atomic mass is 10.0. The van der Waals surface area contributed by atoms with E-state index >= 15 is 0 Å². The molecular weight excluding hydrogens is 356 g/mol. The van der Waals surface area contributed by atoms with Gasteiger partial charge in [0.1, 0.15) is 6.04 Å². The van der Waals surface area contributed by atoms with Crippen LogP contribution < -0.4 is 5.32 Å². The molecule has 1 aliphatic rings. The Morgan fingerprint density at radius 1 is 1.36 bits per heavy atom. The van der Waals surface area contributed by atoms with E-state index in [1.165, 1.54) is 0 Å². The minimum Gasteiger partial charge on any atom is -0.394 e. The molecule has 3 rings (SSSR count). The zero-order valence-electron chi connectivity index (χ0n) is 14.0. The fourth-order valence-corrected chi connectivity index (χ4v) is 4.16. The van der Waals surface area contributed by atoms with Gasteiger partial charge in [0.05, 0.1) is 12.6 Å². The van der Waals surface area contributed by atoms with Crippen molar-refractivity contribution in [3.8, 4) is 0 Å². The maximum atomic E-state index is 12.8. The van der Waals surface area contributed by atoms with Gasteiger partial charge in [-0.3, -0.25) is 4.79 Å². The van der Waals surface area contributed by atoms with Crippen molar-refractivity contribution in [1.82, 2.24) is 9.62 Å². The Bertz CT molecular complexity index is 741. The molecule has 0 fully saturated rings. The molecular formula is C19H21ClN2O2S. The summed E-state index contributed by atoms with van der Waals surface area (Å²) in [6, 6.07) is 15.0. The van der Waals surface area contributed by atoms with Crippen molar-refractivity contribution in [3.63, 3.8) is 0 Å². The number of rotatable bonds is 5. The molecule has 0 bridgehead atoms. The van der Waals surface area contributed by atoms with Crippen molar-refractivity contribution < 1.29 is 9.90 Å². The predicted molar refractivity (Wildman–Crippen MR) is 102 cm³/mol. The highest BCUT2D eigenvalue weighted by Crippen LogP contribution is 2.35. The summed E-state index contributed by atoms with van der Waals surface area (Å²) in [5.41, 5.74) is 2.17. The van der Waals surface area contributed by atoms with Crippen LogP contribution in [0.2, 0.25) is 5.02 Å². The minimum absolute atomic E-state index is 0.0735. The molecule has 2 aromatic carbocycles. The number of fused-ring (bicyclic) bond motifs is 1. The molecule has 4 nitrogen and oxygen atoms in total. The van der Waals surface area contributed by atoms with E-state index in [4.69, 9.17) is 11.6 Å². The molecule has 0 spiro atoms. The first-order valence-electron chi connectivity index (χ1n) is 8.21. The van der Waals surface area contributed by atoms with E-state index in [1.54, 1.807) is 11.9 Å². The van der Waals surface area contributed by atoms with Crippen molar-refractivity contribution in [2.45, 2.75) is 29.8 Å². The van der Waals surface area contributed by atoms with Crippen LogP contribution in [0.4, 0.5) is 0 Å². The van der Waals surface area contributed by atoms with Gasteiger partial charge in [-0.15, -0.1) is 0 Å². The summed E-state index contributed by atoms with van der Waals surface area (Å²) in [7, 11) is 1.91. The Labute approximate surface area is 157 Å². The summed E-state index contributed by atoms with van der Waals surface area (Å²) in [5, 5.41) is 13.3. The van der Waals surface area contributed by atoms with Gasteiger partial charge in [-0.25, -0.2) is 4.31 Å². The predicted octanol–water partition coefficient (Wildman–Crippen LogP) is 2.92. The van der Waals surface area contributed by atoms with Crippen LogP contribution in [0.25, 0.3) is 0 Å². The van der Waals surface area contributed by atoms with Gasteiger partial charge in [-0.2, -0.15) is 0 Å². The number of benzene rings is 2. The fourth-order valence-electron chi connectivity index (χ4n) is 2.97. The quantitative estimate of drug-likeness (QED) is 0.788. The van der Waals surface area contributed by atoms with Gasteiger partial charge < -0.3 is 10.4 Å². The van der Waals surface area contributed by atoms with Gasteiger partial charge >= 0.3 is 0 Å². The Morgan fingerprint density at radius 3 is 2.84 bits per heavy atom. The highest BCUT2D eigenvalue weighted by molar-refractivity contribution is 7.97. The molecule has 132 valence electrons. The normalized spacial score (nSPS) is 18.4. The molecule has 6 heteroatoms. The van der Waals surface area contributed by atoms with Gasteiger partial charge in [0, 0.05) is 9.92 Å². The van der Waals surface area contributed by atoms with E-state index in [1.807, 2.05) is 59.9 Å². The Balaban J connectivity index is 1.67. The maximum absolute atomic E-state index is 12.8. The van der Waals surface area contributed by atoms with Gasteiger partial charge in [-0.1, -0.05) is 41.9 Å². The van der Waals surface area contributed by atoms with Crippen LogP contribution in [0.3, 0.4) is 0 Å². The fraction of sp³-hybridized carbons (Fsp3) is 0.316. The second kappa shape index (κ2) is 8.23. The van der Waals surface area contributed by atoms with Crippen LogP contribution >= 0.6 is 23.5 Å². The van der Waals surface area contributed by atoms with Crippen LogP contribution in [0.15, 0.2) is 53.4 Å². The van der Waals surface area contributed by atoms with Gasteiger partial charge in [0.25, 0.3) is 0 Å². The summed E-state index contributed by atoms with van der Waals surface area (Å²) >= 11 is 7.63. The molecule has 1 aliphatic heterocycles. The van der Waals surface area contributed by atoms with Crippen molar-refractivity contribution in [2.24, 2.45) is 0 Å². The minimum atomic E-state index is -0.297. The second-order valence-corrected chi connectivity index (χ2v) is 7.82. The first-order chi connectivity index (χ1) is 12.1. The number of nitrogens with zero attached hydrogens (tertiary/aromatic N) is 1.